The highest BCUT2D eigenvalue weighted by molar-refractivity contribution is 9.10. The summed E-state index contributed by atoms with van der Waals surface area (Å²) in [6.45, 7) is 7.17. The van der Waals surface area contributed by atoms with Gasteiger partial charge in [-0.05, 0) is 41.5 Å². The molecule has 1 unspecified atom stereocenters. The molecule has 0 aliphatic rings. The largest absolute Gasteiger partial charge is 0.465 e. The molecule has 3 nitrogen and oxygen atoms in total. The third-order valence-corrected chi connectivity index (χ3v) is 3.22. The lowest BCUT2D eigenvalue weighted by molar-refractivity contribution is 0.122. The first-order valence-corrected chi connectivity index (χ1v) is 6.11. The number of nitrogens with zero attached hydrogens (tertiary/aromatic N) is 1. The molecular formula is C11H18BrNO2. The first kappa shape index (κ1) is 12.7. The topological polar surface area (TPSA) is 36.6 Å². The van der Waals surface area contributed by atoms with E-state index in [4.69, 9.17) is 4.42 Å². The number of hydrogen-bond donors (Lipinski definition) is 1. The van der Waals surface area contributed by atoms with Crippen molar-refractivity contribution in [2.45, 2.75) is 26.4 Å². The molecule has 0 amide bonds. The van der Waals surface area contributed by atoms with E-state index in [0.29, 0.717) is 12.2 Å². The Morgan fingerprint density at radius 1 is 1.47 bits per heavy atom. The fourth-order valence-corrected chi connectivity index (χ4v) is 1.98. The summed E-state index contributed by atoms with van der Waals surface area (Å²) in [4.78, 5) is 2.28. The molecule has 0 radical (unpaired) electrons. The Bertz CT molecular complexity index is 284. The first-order valence-electron chi connectivity index (χ1n) is 5.32. The van der Waals surface area contributed by atoms with Crippen molar-refractivity contribution < 1.29 is 9.52 Å². The average Bonchev–Trinajstić information content (AvgIpc) is 2.66. The molecule has 0 aromatic carbocycles. The van der Waals surface area contributed by atoms with E-state index < -0.39 is 6.10 Å². The maximum atomic E-state index is 9.88. The molecule has 1 aromatic rings. The van der Waals surface area contributed by atoms with E-state index in [0.717, 1.165) is 24.1 Å². The van der Waals surface area contributed by atoms with Crippen LogP contribution in [-0.2, 0) is 0 Å². The van der Waals surface area contributed by atoms with Gasteiger partial charge in [-0.25, -0.2) is 0 Å². The SMILES string of the molecule is CCN(CC)CCC(O)c1occc1Br. The zero-order valence-corrected chi connectivity index (χ0v) is 10.8. The van der Waals surface area contributed by atoms with Crippen molar-refractivity contribution in [1.29, 1.82) is 0 Å². The van der Waals surface area contributed by atoms with Gasteiger partial charge < -0.3 is 14.4 Å². The van der Waals surface area contributed by atoms with E-state index in [1.807, 2.05) is 0 Å². The van der Waals surface area contributed by atoms with Gasteiger partial charge in [-0.1, -0.05) is 13.8 Å². The summed E-state index contributed by atoms with van der Waals surface area (Å²) in [5.41, 5.74) is 0. The van der Waals surface area contributed by atoms with Gasteiger partial charge in [0.1, 0.15) is 11.9 Å². The predicted molar refractivity (Wildman–Crippen MR) is 63.8 cm³/mol. The van der Waals surface area contributed by atoms with Crippen molar-refractivity contribution >= 4 is 15.9 Å². The van der Waals surface area contributed by atoms with Gasteiger partial charge in [-0.2, -0.15) is 0 Å². The fraction of sp³-hybridized carbons (Fsp3) is 0.636. The first-order chi connectivity index (χ1) is 7.19. The van der Waals surface area contributed by atoms with Crippen LogP contribution >= 0.6 is 15.9 Å². The van der Waals surface area contributed by atoms with Gasteiger partial charge in [0.05, 0.1) is 10.7 Å². The van der Waals surface area contributed by atoms with Crippen LogP contribution < -0.4 is 0 Å². The van der Waals surface area contributed by atoms with Gasteiger partial charge >= 0.3 is 0 Å². The lowest BCUT2D eigenvalue weighted by atomic mass is 10.2. The van der Waals surface area contributed by atoms with Crippen molar-refractivity contribution in [3.63, 3.8) is 0 Å². The molecule has 1 heterocycles. The second kappa shape index (κ2) is 6.30. The maximum Gasteiger partial charge on any atom is 0.146 e. The van der Waals surface area contributed by atoms with E-state index in [1.165, 1.54) is 0 Å². The third kappa shape index (κ3) is 3.63. The molecule has 1 atom stereocenters. The highest BCUT2D eigenvalue weighted by Gasteiger charge is 2.15. The van der Waals surface area contributed by atoms with Gasteiger partial charge in [0.2, 0.25) is 0 Å². The quantitative estimate of drug-likeness (QED) is 0.868. The van der Waals surface area contributed by atoms with Crippen LogP contribution in [0.15, 0.2) is 21.2 Å². The van der Waals surface area contributed by atoms with E-state index in [9.17, 15) is 5.11 Å². The fourth-order valence-electron chi connectivity index (χ4n) is 1.52. The zero-order valence-electron chi connectivity index (χ0n) is 9.24. The zero-order chi connectivity index (χ0) is 11.3. The summed E-state index contributed by atoms with van der Waals surface area (Å²) in [5, 5.41) is 9.88. The van der Waals surface area contributed by atoms with E-state index in [2.05, 4.69) is 34.7 Å². The minimum Gasteiger partial charge on any atom is -0.465 e. The molecule has 0 aliphatic heterocycles. The maximum absolute atomic E-state index is 9.88. The minimum absolute atomic E-state index is 0.519. The van der Waals surface area contributed by atoms with Gasteiger partial charge in [-0.15, -0.1) is 0 Å². The second-order valence-corrected chi connectivity index (χ2v) is 4.32. The van der Waals surface area contributed by atoms with Crippen LogP contribution in [0.2, 0.25) is 0 Å². The molecule has 0 fully saturated rings. The Labute approximate surface area is 99.2 Å². The van der Waals surface area contributed by atoms with Crippen molar-refractivity contribution in [3.05, 3.63) is 22.6 Å². The van der Waals surface area contributed by atoms with Crippen LogP contribution in [0.25, 0.3) is 0 Å². The molecule has 0 saturated carbocycles. The van der Waals surface area contributed by atoms with Crippen molar-refractivity contribution in [2.75, 3.05) is 19.6 Å². The summed E-state index contributed by atoms with van der Waals surface area (Å²) in [7, 11) is 0. The van der Waals surface area contributed by atoms with Gasteiger partial charge in [0.15, 0.2) is 0 Å². The van der Waals surface area contributed by atoms with Crippen LogP contribution in [0.5, 0.6) is 0 Å². The molecule has 0 bridgehead atoms. The molecule has 1 aromatic heterocycles. The van der Waals surface area contributed by atoms with Crippen LogP contribution in [0.1, 0.15) is 32.1 Å². The Kier molecular flexibility index (Phi) is 5.36. The number of halogens is 1. The molecule has 0 saturated heterocycles. The monoisotopic (exact) mass is 275 g/mol. The predicted octanol–water partition coefficient (Wildman–Crippen LogP) is 2.81. The number of aliphatic hydroxyl groups is 1. The molecule has 4 heteroatoms. The Hall–Kier alpha value is -0.320. The Balaban J connectivity index is 2.42. The molecule has 86 valence electrons. The highest BCUT2D eigenvalue weighted by Crippen LogP contribution is 2.26. The summed E-state index contributed by atoms with van der Waals surface area (Å²) in [5.74, 6) is 0.627. The van der Waals surface area contributed by atoms with E-state index in [1.54, 1.807) is 12.3 Å². The Morgan fingerprint density at radius 3 is 2.60 bits per heavy atom. The second-order valence-electron chi connectivity index (χ2n) is 3.46. The molecule has 15 heavy (non-hydrogen) atoms. The molecule has 1 rings (SSSR count). The lowest BCUT2D eigenvalue weighted by Crippen LogP contribution is -2.25. The van der Waals surface area contributed by atoms with Gasteiger partial charge in [0.25, 0.3) is 0 Å². The molecular weight excluding hydrogens is 258 g/mol. The number of aliphatic hydroxyl groups excluding tert-OH is 1. The number of hydrogen-bond acceptors (Lipinski definition) is 3. The summed E-state index contributed by atoms with van der Waals surface area (Å²) in [6, 6.07) is 1.80. The minimum atomic E-state index is -0.519. The van der Waals surface area contributed by atoms with Crippen LogP contribution in [-0.4, -0.2) is 29.6 Å². The van der Waals surface area contributed by atoms with Crippen LogP contribution in [0.4, 0.5) is 0 Å². The van der Waals surface area contributed by atoms with E-state index >= 15 is 0 Å². The smallest absolute Gasteiger partial charge is 0.146 e. The van der Waals surface area contributed by atoms with Crippen molar-refractivity contribution in [3.8, 4) is 0 Å². The summed E-state index contributed by atoms with van der Waals surface area (Å²) >= 11 is 3.34. The van der Waals surface area contributed by atoms with Gasteiger partial charge in [0, 0.05) is 6.54 Å². The van der Waals surface area contributed by atoms with Crippen LogP contribution in [0.3, 0.4) is 0 Å². The molecule has 0 aliphatic carbocycles. The van der Waals surface area contributed by atoms with Crippen molar-refractivity contribution in [2.24, 2.45) is 0 Å². The molecule has 1 N–H and O–H groups in total. The molecule has 0 spiro atoms. The van der Waals surface area contributed by atoms with Crippen LogP contribution in [0, 0.1) is 0 Å². The number of furan rings is 1. The summed E-state index contributed by atoms with van der Waals surface area (Å²) < 4.78 is 6.05. The lowest BCUT2D eigenvalue weighted by Gasteiger charge is -2.19. The average molecular weight is 276 g/mol. The van der Waals surface area contributed by atoms with E-state index in [-0.39, 0.29) is 0 Å². The van der Waals surface area contributed by atoms with Gasteiger partial charge in [-0.3, -0.25) is 0 Å². The highest BCUT2D eigenvalue weighted by atomic mass is 79.9. The third-order valence-electron chi connectivity index (χ3n) is 2.56. The summed E-state index contributed by atoms with van der Waals surface area (Å²) in [6.07, 6.45) is 1.77. The number of rotatable bonds is 6. The normalized spacial score (nSPS) is 13.4. The van der Waals surface area contributed by atoms with Crippen molar-refractivity contribution in [1.82, 2.24) is 4.90 Å². The Morgan fingerprint density at radius 2 is 2.13 bits per heavy atom. The standard InChI is InChI=1S/C11H18BrNO2/c1-3-13(4-2)7-5-10(14)11-9(12)6-8-15-11/h6,8,10,14H,3-5,7H2,1-2H3.